The summed E-state index contributed by atoms with van der Waals surface area (Å²) in [5.41, 5.74) is 7.42. The third kappa shape index (κ3) is 4.10. The van der Waals surface area contributed by atoms with Gasteiger partial charge in [-0.25, -0.2) is 0 Å². The quantitative estimate of drug-likeness (QED) is 0.871. The Bertz CT molecular complexity index is 541. The Balaban J connectivity index is 1.50. The van der Waals surface area contributed by atoms with Crippen molar-refractivity contribution in [1.29, 1.82) is 0 Å². The molecule has 24 heavy (non-hydrogen) atoms. The Kier molecular flexibility index (Phi) is 5.44. The largest absolute Gasteiger partial charge is 0.491 e. The molecule has 2 aliphatic carbocycles. The summed E-state index contributed by atoms with van der Waals surface area (Å²) in [6.45, 7) is 4.61. The summed E-state index contributed by atoms with van der Waals surface area (Å²) in [5.74, 6) is 2.29. The van der Waals surface area contributed by atoms with Gasteiger partial charge in [0.2, 0.25) is 5.91 Å². The Morgan fingerprint density at radius 3 is 2.42 bits per heavy atom. The molecule has 2 bridgehead atoms. The van der Waals surface area contributed by atoms with Crippen molar-refractivity contribution < 1.29 is 9.53 Å². The first-order chi connectivity index (χ1) is 11.5. The topological polar surface area (TPSA) is 64.3 Å². The number of hydrogen-bond acceptors (Lipinski definition) is 3. The Morgan fingerprint density at radius 1 is 1.21 bits per heavy atom. The van der Waals surface area contributed by atoms with Crippen LogP contribution in [0.3, 0.4) is 0 Å². The van der Waals surface area contributed by atoms with Gasteiger partial charge in [0.1, 0.15) is 5.75 Å². The van der Waals surface area contributed by atoms with E-state index < -0.39 is 0 Å². The standard InChI is InChI=1S/C20H30N2O2/c1-13(2)24-18-8-6-14(7-9-18)12-22-20(23)17-10-15-4-3-5-16(11-17)19(15)21/h6-9,13,15-17,19H,3-5,10-12,21H2,1-2H3,(H,22,23). The summed E-state index contributed by atoms with van der Waals surface area (Å²) in [4.78, 5) is 12.5. The van der Waals surface area contributed by atoms with Gasteiger partial charge in [0, 0.05) is 18.5 Å². The molecule has 1 amide bonds. The minimum absolute atomic E-state index is 0.142. The minimum atomic E-state index is 0.142. The van der Waals surface area contributed by atoms with Crippen LogP contribution in [0.1, 0.15) is 51.5 Å². The van der Waals surface area contributed by atoms with Gasteiger partial charge in [-0.15, -0.1) is 0 Å². The number of benzene rings is 1. The molecule has 0 aliphatic heterocycles. The van der Waals surface area contributed by atoms with Crippen LogP contribution in [-0.2, 0) is 11.3 Å². The molecular weight excluding hydrogens is 300 g/mol. The van der Waals surface area contributed by atoms with Crippen molar-refractivity contribution in [3.63, 3.8) is 0 Å². The lowest BCUT2D eigenvalue weighted by Crippen LogP contribution is -2.49. The number of carbonyl (C=O) groups is 1. The lowest BCUT2D eigenvalue weighted by Gasteiger charge is -2.43. The van der Waals surface area contributed by atoms with Crippen LogP contribution in [0, 0.1) is 17.8 Å². The highest BCUT2D eigenvalue weighted by molar-refractivity contribution is 5.78. The molecule has 3 N–H and O–H groups in total. The highest BCUT2D eigenvalue weighted by Crippen LogP contribution is 2.41. The van der Waals surface area contributed by atoms with E-state index >= 15 is 0 Å². The van der Waals surface area contributed by atoms with E-state index in [4.69, 9.17) is 10.5 Å². The van der Waals surface area contributed by atoms with Crippen LogP contribution in [0.5, 0.6) is 5.75 Å². The van der Waals surface area contributed by atoms with E-state index in [2.05, 4.69) is 5.32 Å². The predicted molar refractivity (Wildman–Crippen MR) is 95.6 cm³/mol. The van der Waals surface area contributed by atoms with Crippen LogP contribution in [0.4, 0.5) is 0 Å². The number of rotatable bonds is 5. The van der Waals surface area contributed by atoms with Crippen LogP contribution in [-0.4, -0.2) is 18.1 Å². The Hall–Kier alpha value is -1.55. The third-order valence-corrected chi connectivity index (χ3v) is 5.55. The number of fused-ring (bicyclic) bond motifs is 2. The third-order valence-electron chi connectivity index (χ3n) is 5.55. The number of ether oxygens (including phenoxy) is 1. The summed E-state index contributed by atoms with van der Waals surface area (Å²) in [6, 6.07) is 8.28. The van der Waals surface area contributed by atoms with Gasteiger partial charge >= 0.3 is 0 Å². The van der Waals surface area contributed by atoms with Crippen molar-refractivity contribution in [2.24, 2.45) is 23.5 Å². The molecular formula is C20H30N2O2. The molecule has 2 aliphatic rings. The van der Waals surface area contributed by atoms with E-state index in [1.165, 1.54) is 19.3 Å². The molecule has 2 atom stereocenters. The average Bonchev–Trinajstić information content (AvgIpc) is 2.53. The van der Waals surface area contributed by atoms with Gasteiger partial charge in [0.15, 0.2) is 0 Å². The summed E-state index contributed by atoms with van der Waals surface area (Å²) in [6.07, 6.45) is 5.77. The lowest BCUT2D eigenvalue weighted by molar-refractivity contribution is -0.128. The fourth-order valence-electron chi connectivity index (χ4n) is 4.29. The Labute approximate surface area is 145 Å². The summed E-state index contributed by atoms with van der Waals surface area (Å²) >= 11 is 0. The molecule has 3 rings (SSSR count). The van der Waals surface area contributed by atoms with Crippen LogP contribution in [0.15, 0.2) is 24.3 Å². The van der Waals surface area contributed by atoms with Crippen LogP contribution in [0.25, 0.3) is 0 Å². The second-order valence-electron chi connectivity index (χ2n) is 7.73. The number of hydrogen-bond donors (Lipinski definition) is 2. The van der Waals surface area contributed by atoms with E-state index in [1.807, 2.05) is 38.1 Å². The van der Waals surface area contributed by atoms with Gasteiger partial charge in [0.05, 0.1) is 6.10 Å². The maximum atomic E-state index is 12.5. The smallest absolute Gasteiger partial charge is 0.223 e. The van der Waals surface area contributed by atoms with Gasteiger partial charge in [0.25, 0.3) is 0 Å². The van der Waals surface area contributed by atoms with E-state index in [0.717, 1.165) is 24.2 Å². The first-order valence-electron chi connectivity index (χ1n) is 9.32. The molecule has 0 radical (unpaired) electrons. The van der Waals surface area contributed by atoms with Crippen molar-refractivity contribution >= 4 is 5.91 Å². The SMILES string of the molecule is CC(C)Oc1ccc(CNC(=O)C2CC3CCCC(C2)C3N)cc1. The van der Waals surface area contributed by atoms with Crippen molar-refractivity contribution in [2.75, 3.05) is 0 Å². The zero-order valence-electron chi connectivity index (χ0n) is 14.8. The fraction of sp³-hybridized carbons (Fsp3) is 0.650. The molecule has 0 spiro atoms. The molecule has 0 aromatic heterocycles. The van der Waals surface area contributed by atoms with Gasteiger partial charge in [-0.2, -0.15) is 0 Å². The highest BCUT2D eigenvalue weighted by atomic mass is 16.5. The summed E-state index contributed by atoms with van der Waals surface area (Å²) < 4.78 is 5.64. The zero-order chi connectivity index (χ0) is 17.1. The molecule has 4 nitrogen and oxygen atoms in total. The van der Waals surface area contributed by atoms with Crippen molar-refractivity contribution in [1.82, 2.24) is 5.32 Å². The molecule has 132 valence electrons. The molecule has 4 heteroatoms. The van der Waals surface area contributed by atoms with Crippen LogP contribution >= 0.6 is 0 Å². The van der Waals surface area contributed by atoms with Crippen molar-refractivity contribution in [3.8, 4) is 5.75 Å². The average molecular weight is 330 g/mol. The molecule has 2 fully saturated rings. The number of amides is 1. The predicted octanol–water partition coefficient (Wildman–Crippen LogP) is 3.24. The summed E-state index contributed by atoms with van der Waals surface area (Å²) in [5, 5.41) is 3.11. The fourth-order valence-corrected chi connectivity index (χ4v) is 4.29. The molecule has 0 saturated heterocycles. The number of nitrogens with two attached hydrogens (primary N) is 1. The maximum Gasteiger partial charge on any atom is 0.223 e. The monoisotopic (exact) mass is 330 g/mol. The lowest BCUT2D eigenvalue weighted by atomic mass is 9.65. The molecule has 0 heterocycles. The van der Waals surface area contributed by atoms with E-state index in [9.17, 15) is 4.79 Å². The molecule has 1 aromatic carbocycles. The van der Waals surface area contributed by atoms with E-state index in [-0.39, 0.29) is 17.9 Å². The van der Waals surface area contributed by atoms with Crippen molar-refractivity contribution in [3.05, 3.63) is 29.8 Å². The van der Waals surface area contributed by atoms with Crippen LogP contribution in [0.2, 0.25) is 0 Å². The zero-order valence-corrected chi connectivity index (χ0v) is 14.8. The van der Waals surface area contributed by atoms with E-state index in [1.54, 1.807) is 0 Å². The van der Waals surface area contributed by atoms with Crippen LogP contribution < -0.4 is 15.8 Å². The molecule has 2 unspecified atom stereocenters. The maximum absolute atomic E-state index is 12.5. The first-order valence-corrected chi connectivity index (χ1v) is 9.32. The van der Waals surface area contributed by atoms with Gasteiger partial charge < -0.3 is 15.8 Å². The number of carbonyl (C=O) groups excluding carboxylic acids is 1. The minimum Gasteiger partial charge on any atom is -0.491 e. The van der Waals surface area contributed by atoms with Crippen molar-refractivity contribution in [2.45, 2.75) is 64.6 Å². The summed E-state index contributed by atoms with van der Waals surface area (Å²) in [7, 11) is 0. The normalized spacial score (nSPS) is 29.3. The second kappa shape index (κ2) is 7.56. The number of nitrogens with one attached hydrogen (secondary N) is 1. The van der Waals surface area contributed by atoms with E-state index in [0.29, 0.717) is 24.4 Å². The molecule has 1 aromatic rings. The van der Waals surface area contributed by atoms with Gasteiger partial charge in [-0.1, -0.05) is 18.6 Å². The first kappa shape index (κ1) is 17.3. The molecule has 2 saturated carbocycles. The highest BCUT2D eigenvalue weighted by Gasteiger charge is 2.40. The Morgan fingerprint density at radius 2 is 1.83 bits per heavy atom. The van der Waals surface area contributed by atoms with Gasteiger partial charge in [-0.3, -0.25) is 4.79 Å². The second-order valence-corrected chi connectivity index (χ2v) is 7.73. The van der Waals surface area contributed by atoms with Gasteiger partial charge in [-0.05, 0) is 69.1 Å².